The van der Waals surface area contributed by atoms with Crippen LogP contribution in [0.1, 0.15) is 5.82 Å². The number of methoxy groups -OCH3 is 2. The summed E-state index contributed by atoms with van der Waals surface area (Å²) in [6, 6.07) is 10.7. The lowest BCUT2D eigenvalue weighted by Gasteiger charge is -2.12. The minimum Gasteiger partial charge on any atom is -0.493 e. The van der Waals surface area contributed by atoms with E-state index in [0.29, 0.717) is 43.6 Å². The highest BCUT2D eigenvalue weighted by atomic mass is 35.5. The van der Waals surface area contributed by atoms with Gasteiger partial charge < -0.3 is 9.47 Å². The van der Waals surface area contributed by atoms with Crippen LogP contribution >= 0.6 is 23.8 Å². The standard InChI is InChI=1S/C19H16ClN5O3S/c1-27-14-8-7-11-9-21-24(18(26)16(11)17(14)28-2)10-15-22-23-19(29)25(15)13-6-4-3-5-12(13)20/h3-9H,10H2,1-2H3,(H,23,29). The van der Waals surface area contributed by atoms with E-state index >= 15 is 0 Å². The highest BCUT2D eigenvalue weighted by Crippen LogP contribution is 2.32. The summed E-state index contributed by atoms with van der Waals surface area (Å²) < 4.78 is 14.1. The summed E-state index contributed by atoms with van der Waals surface area (Å²) in [6.45, 7) is 0.0769. The van der Waals surface area contributed by atoms with Crippen molar-refractivity contribution >= 4 is 34.6 Å². The van der Waals surface area contributed by atoms with Crippen LogP contribution in [0.3, 0.4) is 0 Å². The second-order valence-electron chi connectivity index (χ2n) is 6.10. The third-order valence-corrected chi connectivity index (χ3v) is 5.08. The summed E-state index contributed by atoms with van der Waals surface area (Å²) >= 11 is 11.7. The van der Waals surface area contributed by atoms with Crippen LogP contribution in [-0.4, -0.2) is 38.8 Å². The number of aromatic nitrogens is 5. The summed E-state index contributed by atoms with van der Waals surface area (Å²) in [4.78, 5) is 13.2. The lowest BCUT2D eigenvalue weighted by molar-refractivity contribution is 0.358. The van der Waals surface area contributed by atoms with Crippen molar-refractivity contribution in [2.24, 2.45) is 0 Å². The Kier molecular flexibility index (Phi) is 5.08. The molecule has 2 aromatic heterocycles. The van der Waals surface area contributed by atoms with Gasteiger partial charge in [-0.2, -0.15) is 10.2 Å². The van der Waals surface area contributed by atoms with Crippen molar-refractivity contribution in [3.05, 3.63) is 68.6 Å². The van der Waals surface area contributed by atoms with Gasteiger partial charge in [-0.25, -0.2) is 4.68 Å². The van der Waals surface area contributed by atoms with Crippen molar-refractivity contribution in [2.75, 3.05) is 14.2 Å². The normalized spacial score (nSPS) is 11.0. The summed E-state index contributed by atoms with van der Waals surface area (Å²) in [7, 11) is 3.01. The molecule has 0 atom stereocenters. The Balaban J connectivity index is 1.87. The predicted octanol–water partition coefficient (Wildman–Crippen LogP) is 3.36. The second kappa shape index (κ2) is 7.69. The molecular formula is C19H16ClN5O3S. The topological polar surface area (TPSA) is 87.0 Å². The van der Waals surface area contributed by atoms with Crippen LogP contribution in [0.4, 0.5) is 0 Å². The number of para-hydroxylation sites is 1. The molecule has 0 amide bonds. The molecule has 0 fully saturated rings. The van der Waals surface area contributed by atoms with Gasteiger partial charge in [0.15, 0.2) is 22.1 Å². The summed E-state index contributed by atoms with van der Waals surface area (Å²) in [5.41, 5.74) is 0.328. The molecule has 148 valence electrons. The quantitative estimate of drug-likeness (QED) is 0.489. The number of rotatable bonds is 5. The van der Waals surface area contributed by atoms with Crippen LogP contribution in [0.2, 0.25) is 5.02 Å². The molecule has 0 aliphatic rings. The van der Waals surface area contributed by atoms with Gasteiger partial charge in [-0.1, -0.05) is 23.7 Å². The lowest BCUT2D eigenvalue weighted by Crippen LogP contribution is -2.25. The summed E-state index contributed by atoms with van der Waals surface area (Å²) in [5, 5.41) is 12.8. The number of H-pyrrole nitrogens is 1. The van der Waals surface area contributed by atoms with Gasteiger partial charge in [-0.05, 0) is 36.5 Å². The number of aromatic amines is 1. The summed E-state index contributed by atoms with van der Waals surface area (Å²) in [6.07, 6.45) is 1.60. The summed E-state index contributed by atoms with van der Waals surface area (Å²) in [5.74, 6) is 1.31. The van der Waals surface area contributed by atoms with E-state index in [1.165, 1.54) is 18.9 Å². The molecule has 10 heteroatoms. The Morgan fingerprint density at radius 3 is 2.69 bits per heavy atom. The first kappa shape index (κ1) is 19.2. The van der Waals surface area contributed by atoms with Gasteiger partial charge in [0, 0.05) is 5.39 Å². The largest absolute Gasteiger partial charge is 0.493 e. The zero-order chi connectivity index (χ0) is 20.5. The lowest BCUT2D eigenvalue weighted by atomic mass is 10.1. The maximum atomic E-state index is 13.2. The third kappa shape index (κ3) is 3.28. The maximum Gasteiger partial charge on any atom is 0.278 e. The first-order valence-electron chi connectivity index (χ1n) is 8.57. The maximum absolute atomic E-state index is 13.2. The molecule has 2 heterocycles. The number of nitrogens with zero attached hydrogens (tertiary/aromatic N) is 4. The Morgan fingerprint density at radius 1 is 1.17 bits per heavy atom. The first-order chi connectivity index (χ1) is 14.0. The van der Waals surface area contributed by atoms with Gasteiger partial charge >= 0.3 is 0 Å². The van der Waals surface area contributed by atoms with E-state index in [4.69, 9.17) is 33.3 Å². The number of hydrogen-bond donors (Lipinski definition) is 1. The molecule has 2 aromatic carbocycles. The monoisotopic (exact) mass is 429 g/mol. The fraction of sp³-hybridized carbons (Fsp3) is 0.158. The molecule has 0 radical (unpaired) electrons. The SMILES string of the molecule is COc1ccc2cnn(Cc3n[nH]c(=S)n3-c3ccccc3Cl)c(=O)c2c1OC. The van der Waals surface area contributed by atoms with Crippen LogP contribution < -0.4 is 15.0 Å². The van der Waals surface area contributed by atoms with Gasteiger partial charge in [0.05, 0.1) is 36.5 Å². The van der Waals surface area contributed by atoms with Crippen molar-refractivity contribution in [2.45, 2.75) is 6.54 Å². The number of halogens is 1. The Labute approximate surface area is 175 Å². The molecule has 8 nitrogen and oxygen atoms in total. The first-order valence-corrected chi connectivity index (χ1v) is 9.35. The average molecular weight is 430 g/mol. The highest BCUT2D eigenvalue weighted by molar-refractivity contribution is 7.71. The van der Waals surface area contributed by atoms with Crippen LogP contribution in [0.5, 0.6) is 11.5 Å². The Bertz CT molecular complexity index is 1330. The molecule has 0 saturated carbocycles. The van der Waals surface area contributed by atoms with Crippen molar-refractivity contribution in [1.82, 2.24) is 24.5 Å². The molecule has 0 saturated heterocycles. The van der Waals surface area contributed by atoms with E-state index in [9.17, 15) is 4.79 Å². The van der Waals surface area contributed by atoms with E-state index in [1.54, 1.807) is 29.0 Å². The highest BCUT2D eigenvalue weighted by Gasteiger charge is 2.17. The Hall–Kier alpha value is -3.17. The minimum absolute atomic E-state index is 0.0769. The fourth-order valence-corrected chi connectivity index (χ4v) is 3.62. The van der Waals surface area contributed by atoms with Crippen molar-refractivity contribution in [3.8, 4) is 17.2 Å². The van der Waals surface area contributed by atoms with Crippen LogP contribution in [-0.2, 0) is 6.54 Å². The molecule has 0 unspecified atom stereocenters. The molecule has 29 heavy (non-hydrogen) atoms. The smallest absolute Gasteiger partial charge is 0.278 e. The van der Waals surface area contributed by atoms with E-state index in [1.807, 2.05) is 18.2 Å². The third-order valence-electron chi connectivity index (χ3n) is 4.49. The van der Waals surface area contributed by atoms with Gasteiger partial charge in [0.2, 0.25) is 0 Å². The number of ether oxygens (including phenoxy) is 2. The van der Waals surface area contributed by atoms with Gasteiger partial charge in [0.1, 0.15) is 6.54 Å². The molecular weight excluding hydrogens is 414 g/mol. The fourth-order valence-electron chi connectivity index (χ4n) is 3.15. The van der Waals surface area contributed by atoms with Crippen molar-refractivity contribution in [3.63, 3.8) is 0 Å². The molecule has 0 aliphatic carbocycles. The average Bonchev–Trinajstić information content (AvgIpc) is 3.09. The molecule has 4 aromatic rings. The second-order valence-corrected chi connectivity index (χ2v) is 6.90. The number of fused-ring (bicyclic) bond motifs is 1. The zero-order valence-corrected chi connectivity index (χ0v) is 17.1. The minimum atomic E-state index is -0.335. The van der Waals surface area contributed by atoms with Gasteiger partial charge in [-0.3, -0.25) is 14.5 Å². The van der Waals surface area contributed by atoms with Crippen molar-refractivity contribution in [1.29, 1.82) is 0 Å². The molecule has 0 spiro atoms. The van der Waals surface area contributed by atoms with Gasteiger partial charge in [0.25, 0.3) is 5.56 Å². The molecule has 1 N–H and O–H groups in total. The Morgan fingerprint density at radius 2 is 1.97 bits per heavy atom. The number of hydrogen-bond acceptors (Lipinski definition) is 6. The van der Waals surface area contributed by atoms with E-state index in [2.05, 4.69) is 15.3 Å². The number of nitrogens with one attached hydrogen (secondary N) is 1. The van der Waals surface area contributed by atoms with E-state index in [0.717, 1.165) is 0 Å². The molecule has 0 aliphatic heterocycles. The van der Waals surface area contributed by atoms with Gasteiger partial charge in [-0.15, -0.1) is 0 Å². The van der Waals surface area contributed by atoms with Crippen LogP contribution in [0.25, 0.3) is 16.5 Å². The van der Waals surface area contributed by atoms with Crippen LogP contribution in [0, 0.1) is 4.77 Å². The molecule has 0 bridgehead atoms. The molecule has 4 rings (SSSR count). The predicted molar refractivity (Wildman–Crippen MR) is 112 cm³/mol. The van der Waals surface area contributed by atoms with Crippen LogP contribution in [0.15, 0.2) is 47.4 Å². The van der Waals surface area contributed by atoms with E-state index < -0.39 is 0 Å². The zero-order valence-electron chi connectivity index (χ0n) is 15.5. The van der Waals surface area contributed by atoms with E-state index in [-0.39, 0.29) is 12.1 Å². The number of benzene rings is 2. The van der Waals surface area contributed by atoms with Crippen molar-refractivity contribution < 1.29 is 9.47 Å².